The summed E-state index contributed by atoms with van der Waals surface area (Å²) in [6.07, 6.45) is 0.493. The fourth-order valence-electron chi connectivity index (χ4n) is 3.44. The molecule has 0 saturated heterocycles. The van der Waals surface area contributed by atoms with Crippen molar-refractivity contribution in [1.29, 1.82) is 0 Å². The normalized spacial score (nSPS) is 11.9. The summed E-state index contributed by atoms with van der Waals surface area (Å²) in [7, 11) is 1.61. The smallest absolute Gasteiger partial charge is 0.261 e. The minimum absolute atomic E-state index is 0.0174. The quantitative estimate of drug-likeness (QED) is 0.438. The van der Waals surface area contributed by atoms with Crippen LogP contribution < -0.4 is 14.8 Å². The lowest BCUT2D eigenvalue weighted by Crippen LogP contribution is -2.51. The Hall–Kier alpha value is -2.54. The fourth-order valence-corrected chi connectivity index (χ4v) is 3.95. The Morgan fingerprint density at radius 2 is 1.73 bits per heavy atom. The molecule has 2 aromatic carbocycles. The Labute approximate surface area is 205 Å². The van der Waals surface area contributed by atoms with Crippen LogP contribution in [0.15, 0.2) is 46.9 Å². The van der Waals surface area contributed by atoms with Crippen LogP contribution in [0.2, 0.25) is 0 Å². The van der Waals surface area contributed by atoms with Gasteiger partial charge >= 0.3 is 0 Å². The summed E-state index contributed by atoms with van der Waals surface area (Å²) in [5, 5.41) is 2.93. The molecule has 33 heavy (non-hydrogen) atoms. The van der Waals surface area contributed by atoms with Gasteiger partial charge in [-0.1, -0.05) is 39.0 Å². The number of nitrogens with zero attached hydrogens (tertiary/aromatic N) is 1. The molecule has 0 fully saturated rings. The Morgan fingerprint density at radius 1 is 1.06 bits per heavy atom. The zero-order valence-corrected chi connectivity index (χ0v) is 21.9. The molecule has 2 aromatic rings. The van der Waals surface area contributed by atoms with Crippen molar-refractivity contribution in [2.24, 2.45) is 0 Å². The van der Waals surface area contributed by atoms with E-state index in [0.717, 1.165) is 15.8 Å². The molecule has 0 aliphatic heterocycles. The van der Waals surface area contributed by atoms with Gasteiger partial charge in [0.25, 0.3) is 5.91 Å². The fraction of sp³-hybridized carbons (Fsp3) is 0.462. The van der Waals surface area contributed by atoms with Crippen LogP contribution in [0.5, 0.6) is 11.5 Å². The molecule has 0 aliphatic carbocycles. The van der Waals surface area contributed by atoms with Gasteiger partial charge < -0.3 is 19.7 Å². The van der Waals surface area contributed by atoms with Gasteiger partial charge in [0.15, 0.2) is 6.61 Å². The van der Waals surface area contributed by atoms with E-state index in [1.165, 1.54) is 5.56 Å². The van der Waals surface area contributed by atoms with Crippen molar-refractivity contribution in [1.82, 2.24) is 10.2 Å². The zero-order chi connectivity index (χ0) is 24.5. The first kappa shape index (κ1) is 26.7. The van der Waals surface area contributed by atoms with E-state index in [4.69, 9.17) is 9.47 Å². The highest BCUT2D eigenvalue weighted by Gasteiger charge is 2.29. The maximum atomic E-state index is 13.3. The van der Waals surface area contributed by atoms with Crippen molar-refractivity contribution in [2.75, 3.05) is 13.7 Å². The van der Waals surface area contributed by atoms with Gasteiger partial charge in [-0.3, -0.25) is 9.59 Å². The second-order valence-electron chi connectivity index (χ2n) is 8.59. The van der Waals surface area contributed by atoms with Crippen molar-refractivity contribution >= 4 is 27.7 Å². The topological polar surface area (TPSA) is 67.9 Å². The largest absolute Gasteiger partial charge is 0.497 e. The maximum Gasteiger partial charge on any atom is 0.261 e. The number of carbonyl (C=O) groups excluding carboxylic acids is 2. The van der Waals surface area contributed by atoms with E-state index in [9.17, 15) is 9.59 Å². The average molecular weight is 519 g/mol. The molecule has 7 heteroatoms. The first-order valence-corrected chi connectivity index (χ1v) is 12.1. The molecule has 2 amide bonds. The number of hydrogen-bond acceptors (Lipinski definition) is 4. The second kappa shape index (κ2) is 12.6. The Bertz CT molecular complexity index is 928. The minimum atomic E-state index is -0.600. The standard InChI is InChI=1S/C26H35BrN2O4/c1-7-23(26(31)28-18(4)5)29(15-19-8-11-21(32-6)12-9-19)25(30)16-33-24-13-10-20(17(2)3)14-22(24)27/h8-14,17-18,23H,7,15-16H2,1-6H3,(H,28,31)/t23-/m0/s1. The summed E-state index contributed by atoms with van der Waals surface area (Å²) in [5.74, 6) is 1.30. The van der Waals surface area contributed by atoms with Gasteiger partial charge in [-0.05, 0) is 77.5 Å². The number of benzene rings is 2. The number of methoxy groups -OCH3 is 1. The van der Waals surface area contributed by atoms with E-state index in [0.29, 0.717) is 24.6 Å². The first-order valence-electron chi connectivity index (χ1n) is 11.3. The molecule has 1 atom stereocenters. The van der Waals surface area contributed by atoms with Crippen LogP contribution in [0.4, 0.5) is 0 Å². The Kier molecular flexibility index (Phi) is 10.2. The van der Waals surface area contributed by atoms with Crippen LogP contribution in [-0.2, 0) is 16.1 Å². The molecular weight excluding hydrogens is 484 g/mol. The highest BCUT2D eigenvalue weighted by molar-refractivity contribution is 9.10. The van der Waals surface area contributed by atoms with Crippen LogP contribution in [-0.4, -0.2) is 42.5 Å². The maximum absolute atomic E-state index is 13.3. The monoisotopic (exact) mass is 518 g/mol. The molecule has 1 N–H and O–H groups in total. The predicted molar refractivity (Wildman–Crippen MR) is 135 cm³/mol. The van der Waals surface area contributed by atoms with Crippen LogP contribution in [0.1, 0.15) is 58.1 Å². The molecule has 0 heterocycles. The molecule has 0 unspecified atom stereocenters. The summed E-state index contributed by atoms with van der Waals surface area (Å²) in [4.78, 5) is 27.8. The highest BCUT2D eigenvalue weighted by Crippen LogP contribution is 2.29. The molecule has 0 bridgehead atoms. The van der Waals surface area contributed by atoms with Crippen molar-refractivity contribution in [3.05, 3.63) is 58.1 Å². The van der Waals surface area contributed by atoms with E-state index in [1.54, 1.807) is 12.0 Å². The summed E-state index contributed by atoms with van der Waals surface area (Å²) < 4.78 is 11.9. The van der Waals surface area contributed by atoms with Crippen molar-refractivity contribution in [3.63, 3.8) is 0 Å². The van der Waals surface area contributed by atoms with Crippen molar-refractivity contribution < 1.29 is 19.1 Å². The van der Waals surface area contributed by atoms with Gasteiger partial charge in [-0.2, -0.15) is 0 Å². The third kappa shape index (κ3) is 7.77. The SMILES string of the molecule is CC[C@@H](C(=O)NC(C)C)N(Cc1ccc(OC)cc1)C(=O)COc1ccc(C(C)C)cc1Br. The summed E-state index contributed by atoms with van der Waals surface area (Å²) >= 11 is 3.54. The van der Waals surface area contributed by atoms with Crippen LogP contribution in [0, 0.1) is 0 Å². The summed E-state index contributed by atoms with van der Waals surface area (Å²) in [6, 6.07) is 12.7. The van der Waals surface area contributed by atoms with Gasteiger partial charge in [0, 0.05) is 12.6 Å². The Balaban J connectivity index is 2.23. The molecule has 0 aromatic heterocycles. The molecule has 0 spiro atoms. The second-order valence-corrected chi connectivity index (χ2v) is 9.44. The van der Waals surface area contributed by atoms with E-state index in [-0.39, 0.29) is 24.5 Å². The van der Waals surface area contributed by atoms with E-state index < -0.39 is 6.04 Å². The van der Waals surface area contributed by atoms with Gasteiger partial charge in [0.1, 0.15) is 17.5 Å². The van der Waals surface area contributed by atoms with Crippen molar-refractivity contribution in [2.45, 2.75) is 65.6 Å². The molecule has 0 radical (unpaired) electrons. The van der Waals surface area contributed by atoms with Gasteiger partial charge in [-0.15, -0.1) is 0 Å². The van der Waals surface area contributed by atoms with Gasteiger partial charge in [0.05, 0.1) is 11.6 Å². The van der Waals surface area contributed by atoms with E-state index >= 15 is 0 Å². The molecule has 0 aliphatic rings. The number of carbonyl (C=O) groups is 2. The lowest BCUT2D eigenvalue weighted by atomic mass is 10.0. The molecule has 0 saturated carbocycles. The van der Waals surface area contributed by atoms with Crippen LogP contribution >= 0.6 is 15.9 Å². The number of rotatable bonds is 11. The number of halogens is 1. The number of ether oxygens (including phenoxy) is 2. The minimum Gasteiger partial charge on any atom is -0.497 e. The van der Waals surface area contributed by atoms with E-state index in [2.05, 4.69) is 35.1 Å². The van der Waals surface area contributed by atoms with Gasteiger partial charge in [-0.25, -0.2) is 0 Å². The molecular formula is C26H35BrN2O4. The van der Waals surface area contributed by atoms with Gasteiger partial charge in [0.2, 0.25) is 5.91 Å². The number of nitrogens with one attached hydrogen (secondary N) is 1. The van der Waals surface area contributed by atoms with E-state index in [1.807, 2.05) is 63.2 Å². The molecule has 2 rings (SSSR count). The van der Waals surface area contributed by atoms with Crippen LogP contribution in [0.25, 0.3) is 0 Å². The first-order chi connectivity index (χ1) is 15.7. The highest BCUT2D eigenvalue weighted by atomic mass is 79.9. The number of amides is 2. The predicted octanol–water partition coefficient (Wildman–Crippen LogP) is 5.29. The third-order valence-corrected chi connectivity index (χ3v) is 5.92. The zero-order valence-electron chi connectivity index (χ0n) is 20.4. The molecule has 6 nitrogen and oxygen atoms in total. The Morgan fingerprint density at radius 3 is 2.24 bits per heavy atom. The third-order valence-electron chi connectivity index (χ3n) is 5.30. The lowest BCUT2D eigenvalue weighted by Gasteiger charge is -2.31. The van der Waals surface area contributed by atoms with Crippen molar-refractivity contribution in [3.8, 4) is 11.5 Å². The molecule has 180 valence electrons. The summed E-state index contributed by atoms with van der Waals surface area (Å²) in [6.45, 7) is 10.1. The number of hydrogen-bond donors (Lipinski definition) is 1. The average Bonchev–Trinajstić information content (AvgIpc) is 2.77. The lowest BCUT2D eigenvalue weighted by molar-refractivity contribution is -0.143. The summed E-state index contributed by atoms with van der Waals surface area (Å²) in [5.41, 5.74) is 2.08. The van der Waals surface area contributed by atoms with Crippen LogP contribution in [0.3, 0.4) is 0 Å².